The molecule has 0 saturated carbocycles. The van der Waals surface area contributed by atoms with Gasteiger partial charge in [0, 0.05) is 43.2 Å². The average molecular weight is 449 g/mol. The molecule has 7 heteroatoms. The molecule has 2 heterocycles. The molecule has 0 unspecified atom stereocenters. The van der Waals surface area contributed by atoms with Gasteiger partial charge in [-0.15, -0.1) is 0 Å². The third-order valence-corrected chi connectivity index (χ3v) is 6.85. The zero-order valence-corrected chi connectivity index (χ0v) is 20.0. The molecule has 0 spiro atoms. The highest BCUT2D eigenvalue weighted by molar-refractivity contribution is 6.64. The molecule has 0 bridgehead atoms. The van der Waals surface area contributed by atoms with E-state index in [0.717, 1.165) is 67.5 Å². The Morgan fingerprint density at radius 2 is 2.03 bits per heavy atom. The van der Waals surface area contributed by atoms with Crippen molar-refractivity contribution in [3.63, 3.8) is 0 Å². The summed E-state index contributed by atoms with van der Waals surface area (Å²) in [4.78, 5) is 27.7. The maximum absolute atomic E-state index is 12.3. The molecule has 1 aromatic rings. The Morgan fingerprint density at radius 3 is 2.67 bits per heavy atom. The molecular formula is C26H34BN2O4. The van der Waals surface area contributed by atoms with E-state index in [4.69, 9.17) is 9.47 Å². The van der Waals surface area contributed by atoms with E-state index in [-0.39, 0.29) is 12.1 Å². The summed E-state index contributed by atoms with van der Waals surface area (Å²) in [5, 5.41) is 0. The number of piperidine rings is 1. The zero-order valence-electron chi connectivity index (χ0n) is 20.0. The van der Waals surface area contributed by atoms with Crippen LogP contribution in [0.15, 0.2) is 23.8 Å². The summed E-state index contributed by atoms with van der Waals surface area (Å²) in [6.07, 6.45) is 8.63. The minimum atomic E-state index is -0.240. The summed E-state index contributed by atoms with van der Waals surface area (Å²) in [7, 11) is 1.60. The second kappa shape index (κ2) is 10.7. The van der Waals surface area contributed by atoms with E-state index in [9.17, 15) is 9.59 Å². The van der Waals surface area contributed by atoms with Gasteiger partial charge in [0.15, 0.2) is 0 Å². The minimum absolute atomic E-state index is 0.191. The van der Waals surface area contributed by atoms with Gasteiger partial charge < -0.3 is 24.0 Å². The molecule has 6 nitrogen and oxygen atoms in total. The van der Waals surface area contributed by atoms with Crippen molar-refractivity contribution in [2.45, 2.75) is 58.6 Å². The van der Waals surface area contributed by atoms with Crippen molar-refractivity contribution in [1.82, 2.24) is 9.71 Å². The summed E-state index contributed by atoms with van der Waals surface area (Å²) in [6, 6.07) is 4.87. The highest BCUT2D eigenvalue weighted by Crippen LogP contribution is 2.38. The molecule has 175 valence electrons. The van der Waals surface area contributed by atoms with Crippen LogP contribution in [0.1, 0.15) is 56.7 Å². The lowest BCUT2D eigenvalue weighted by Gasteiger charge is -2.35. The molecule has 4 rings (SSSR count). The van der Waals surface area contributed by atoms with Gasteiger partial charge in [-0.2, -0.15) is 0 Å². The Balaban J connectivity index is 1.58. The number of hydrogen-bond acceptors (Lipinski definition) is 6. The first-order chi connectivity index (χ1) is 16.0. The highest BCUT2D eigenvalue weighted by Gasteiger charge is 2.27. The number of nitrogens with zero attached hydrogens (tertiary/aromatic N) is 2. The summed E-state index contributed by atoms with van der Waals surface area (Å²) in [5.74, 6) is 0.660. The largest absolute Gasteiger partial charge is 0.490 e. The number of ether oxygens (including phenoxy) is 2. The van der Waals surface area contributed by atoms with E-state index in [2.05, 4.69) is 37.0 Å². The number of esters is 1. The molecule has 0 atom stereocenters. The molecule has 1 aromatic carbocycles. The maximum Gasteiger partial charge on any atom is 0.334 e. The first kappa shape index (κ1) is 23.8. The summed E-state index contributed by atoms with van der Waals surface area (Å²) < 4.78 is 11.8. The molecule has 1 fully saturated rings. The van der Waals surface area contributed by atoms with E-state index in [0.29, 0.717) is 31.2 Å². The van der Waals surface area contributed by atoms with Crippen LogP contribution in [0.3, 0.4) is 0 Å². The van der Waals surface area contributed by atoms with Crippen LogP contribution < -0.4 is 4.74 Å². The summed E-state index contributed by atoms with van der Waals surface area (Å²) in [5.41, 5.74) is 5.24. The van der Waals surface area contributed by atoms with Gasteiger partial charge >= 0.3 is 5.97 Å². The lowest BCUT2D eigenvalue weighted by atomic mass is 9.88. The van der Waals surface area contributed by atoms with Gasteiger partial charge in [0.2, 0.25) is 0 Å². The highest BCUT2D eigenvalue weighted by atomic mass is 16.5. The summed E-state index contributed by atoms with van der Waals surface area (Å²) in [6.45, 7) is 10.3. The van der Waals surface area contributed by atoms with E-state index in [1.807, 2.05) is 17.8 Å². The van der Waals surface area contributed by atoms with Crippen molar-refractivity contribution < 1.29 is 19.1 Å². The van der Waals surface area contributed by atoms with Crippen LogP contribution in [0.5, 0.6) is 5.75 Å². The fraction of sp³-hybridized carbons (Fsp3) is 0.538. The minimum Gasteiger partial charge on any atom is -0.490 e. The fourth-order valence-corrected chi connectivity index (χ4v) is 4.92. The van der Waals surface area contributed by atoms with Crippen LogP contribution in [-0.2, 0) is 20.7 Å². The van der Waals surface area contributed by atoms with Gasteiger partial charge in [-0.1, -0.05) is 6.08 Å². The van der Waals surface area contributed by atoms with E-state index in [1.54, 1.807) is 7.41 Å². The quantitative estimate of drug-likeness (QED) is 0.345. The molecule has 0 N–H and O–H groups in total. The normalized spacial score (nSPS) is 19.6. The van der Waals surface area contributed by atoms with Gasteiger partial charge in [0.25, 0.3) is 7.41 Å². The van der Waals surface area contributed by atoms with E-state index >= 15 is 0 Å². The van der Waals surface area contributed by atoms with Gasteiger partial charge in [-0.25, -0.2) is 4.79 Å². The van der Waals surface area contributed by atoms with Crippen molar-refractivity contribution in [2.75, 3.05) is 32.8 Å². The molecule has 0 aromatic heterocycles. The predicted molar refractivity (Wildman–Crippen MR) is 132 cm³/mol. The van der Waals surface area contributed by atoms with Crippen molar-refractivity contribution in [3.8, 4) is 5.75 Å². The van der Waals surface area contributed by atoms with E-state index < -0.39 is 0 Å². The number of rotatable bonds is 8. The van der Waals surface area contributed by atoms with Crippen LogP contribution in [0.25, 0.3) is 11.6 Å². The van der Waals surface area contributed by atoms with Crippen LogP contribution >= 0.6 is 0 Å². The standard InChI is InChI=1S/C26H34BN2O4/c1-4-32-26(31)22-13-20-15-24(19-5-11-29(12-6-19)27-17-30)25(16-21(20)14-22)33-23-7-9-28(10-8-23)18(2)3/h5,14-18,23H,4,6-13H2,1-3H3. The second-order valence-corrected chi connectivity index (χ2v) is 9.32. The fourth-order valence-electron chi connectivity index (χ4n) is 4.92. The third-order valence-electron chi connectivity index (χ3n) is 6.85. The smallest absolute Gasteiger partial charge is 0.334 e. The topological polar surface area (TPSA) is 59.1 Å². The number of likely N-dealkylation sites (tertiary alicyclic amines) is 1. The van der Waals surface area contributed by atoms with Crippen LogP contribution in [0, 0.1) is 0 Å². The maximum atomic E-state index is 12.3. The second-order valence-electron chi connectivity index (χ2n) is 9.32. The molecule has 1 radical (unpaired) electrons. The molecule has 1 saturated heterocycles. The van der Waals surface area contributed by atoms with Crippen molar-refractivity contribution in [1.29, 1.82) is 0 Å². The first-order valence-electron chi connectivity index (χ1n) is 12.2. The van der Waals surface area contributed by atoms with Crippen LogP contribution in [0.2, 0.25) is 0 Å². The van der Waals surface area contributed by atoms with Crippen LogP contribution in [-0.4, -0.2) is 74.2 Å². The zero-order chi connectivity index (χ0) is 23.4. The first-order valence-corrected chi connectivity index (χ1v) is 12.2. The van der Waals surface area contributed by atoms with Crippen molar-refractivity contribution >= 4 is 31.2 Å². The van der Waals surface area contributed by atoms with Crippen molar-refractivity contribution in [3.05, 3.63) is 40.5 Å². The predicted octanol–water partition coefficient (Wildman–Crippen LogP) is 3.34. The average Bonchev–Trinajstić information content (AvgIpc) is 3.23. The number of fused-ring (bicyclic) bond motifs is 1. The summed E-state index contributed by atoms with van der Waals surface area (Å²) >= 11 is 0. The van der Waals surface area contributed by atoms with E-state index in [1.165, 1.54) is 5.57 Å². The Hall–Kier alpha value is -2.38. The SMILES string of the molecule is CCOC(=O)C1=Cc2cc(OC3CCN(C(C)C)CC3)c(C3=CCN([B]C=O)CC3)cc2C1. The molecule has 0 amide bonds. The van der Waals surface area contributed by atoms with Gasteiger partial charge in [-0.3, -0.25) is 0 Å². The van der Waals surface area contributed by atoms with Gasteiger partial charge in [0.05, 0.1) is 12.8 Å². The number of carbonyl (C=O) groups excluding carboxylic acids is 2. The number of hydrogen-bond donors (Lipinski definition) is 0. The van der Waals surface area contributed by atoms with Crippen molar-refractivity contribution in [2.24, 2.45) is 0 Å². The lowest BCUT2D eigenvalue weighted by molar-refractivity contribution is -0.138. The molecular weight excluding hydrogens is 415 g/mol. The Morgan fingerprint density at radius 1 is 1.24 bits per heavy atom. The third kappa shape index (κ3) is 5.58. The molecule has 3 aliphatic rings. The molecule has 33 heavy (non-hydrogen) atoms. The Bertz CT molecular complexity index is 948. The lowest BCUT2D eigenvalue weighted by Crippen LogP contribution is -2.41. The molecule has 2 aliphatic heterocycles. The molecule has 1 aliphatic carbocycles. The van der Waals surface area contributed by atoms with Gasteiger partial charge in [0.1, 0.15) is 11.9 Å². The number of carbonyl (C=O) groups is 2. The monoisotopic (exact) mass is 449 g/mol. The number of benzene rings is 1. The Labute approximate surface area is 197 Å². The van der Waals surface area contributed by atoms with Crippen LogP contribution in [0.4, 0.5) is 0 Å². The van der Waals surface area contributed by atoms with Gasteiger partial charge in [-0.05, 0) is 81.5 Å². The Kier molecular flexibility index (Phi) is 7.71.